The Morgan fingerprint density at radius 3 is 2.46 bits per heavy atom. The van der Waals surface area contributed by atoms with E-state index in [2.05, 4.69) is 14.9 Å². The van der Waals surface area contributed by atoms with Crippen LogP contribution in [0.1, 0.15) is 42.1 Å². The molecule has 0 bridgehead atoms. The first-order chi connectivity index (χ1) is 13.5. The van der Waals surface area contributed by atoms with Crippen molar-refractivity contribution in [3.8, 4) is 0 Å². The average molecular weight is 419 g/mol. The topological polar surface area (TPSA) is 66.4 Å². The van der Waals surface area contributed by atoms with Gasteiger partial charge in [0.2, 0.25) is 10.0 Å². The van der Waals surface area contributed by atoms with E-state index in [9.17, 15) is 8.42 Å². The Kier molecular flexibility index (Phi) is 4.56. The zero-order chi connectivity index (χ0) is 19.3. The van der Waals surface area contributed by atoms with E-state index in [0.717, 1.165) is 43.7 Å². The summed E-state index contributed by atoms with van der Waals surface area (Å²) in [5.41, 5.74) is 2.47. The van der Waals surface area contributed by atoms with Gasteiger partial charge in [-0.15, -0.1) is 0 Å². The van der Waals surface area contributed by atoms with Crippen LogP contribution in [0.2, 0.25) is 5.15 Å². The van der Waals surface area contributed by atoms with Crippen molar-refractivity contribution in [2.75, 3.05) is 31.1 Å². The highest BCUT2D eigenvalue weighted by atomic mass is 35.5. The van der Waals surface area contributed by atoms with Crippen LogP contribution in [0.5, 0.6) is 0 Å². The van der Waals surface area contributed by atoms with Gasteiger partial charge in [-0.2, -0.15) is 4.31 Å². The molecule has 0 N–H and O–H groups in total. The lowest BCUT2D eigenvalue weighted by molar-refractivity contribution is 0.383. The third-order valence-electron chi connectivity index (χ3n) is 5.91. The smallest absolute Gasteiger partial charge is 0.243 e. The van der Waals surface area contributed by atoms with E-state index >= 15 is 0 Å². The lowest BCUT2D eigenvalue weighted by atomic mass is 10.1. The van der Waals surface area contributed by atoms with Crippen molar-refractivity contribution < 1.29 is 8.42 Å². The van der Waals surface area contributed by atoms with Gasteiger partial charge >= 0.3 is 0 Å². The molecule has 6 nitrogen and oxygen atoms in total. The molecule has 2 aromatic rings. The molecule has 1 saturated carbocycles. The predicted octanol–water partition coefficient (Wildman–Crippen LogP) is 3.01. The van der Waals surface area contributed by atoms with Crippen molar-refractivity contribution in [1.29, 1.82) is 0 Å². The summed E-state index contributed by atoms with van der Waals surface area (Å²) >= 11 is 6.18. The number of aromatic nitrogens is 2. The molecule has 2 heterocycles. The maximum atomic E-state index is 13.1. The zero-order valence-electron chi connectivity index (χ0n) is 15.6. The minimum atomic E-state index is -3.46. The van der Waals surface area contributed by atoms with Crippen LogP contribution >= 0.6 is 11.6 Å². The summed E-state index contributed by atoms with van der Waals surface area (Å²) < 4.78 is 27.8. The monoisotopic (exact) mass is 418 g/mol. The molecule has 2 aliphatic carbocycles. The summed E-state index contributed by atoms with van der Waals surface area (Å²) in [6.07, 6.45) is 5.38. The Morgan fingerprint density at radius 1 is 0.964 bits per heavy atom. The standard InChI is InChI=1S/C20H23ClN4O2S/c21-18-13-19(23-20(22-18)15-4-5-15)24-8-10-25(11-9-24)28(26,27)17-7-6-14-2-1-3-16(14)12-17/h6-7,12-13,15H,1-5,8-11H2. The Balaban J connectivity index is 1.31. The van der Waals surface area contributed by atoms with Crippen LogP contribution in [0.25, 0.3) is 0 Å². The molecule has 0 radical (unpaired) electrons. The molecule has 2 fully saturated rings. The molecule has 0 unspecified atom stereocenters. The van der Waals surface area contributed by atoms with Gasteiger partial charge in [0.15, 0.2) is 0 Å². The molecular formula is C20H23ClN4O2S. The van der Waals surface area contributed by atoms with Crippen LogP contribution in [0.15, 0.2) is 29.2 Å². The highest BCUT2D eigenvalue weighted by molar-refractivity contribution is 7.89. The first kappa shape index (κ1) is 18.3. The summed E-state index contributed by atoms with van der Waals surface area (Å²) in [5.74, 6) is 2.05. The van der Waals surface area contributed by atoms with Crippen molar-refractivity contribution >= 4 is 27.4 Å². The number of sulfonamides is 1. The molecule has 0 amide bonds. The van der Waals surface area contributed by atoms with Crippen molar-refractivity contribution in [3.63, 3.8) is 0 Å². The fourth-order valence-corrected chi connectivity index (χ4v) is 5.78. The van der Waals surface area contributed by atoms with Crippen molar-refractivity contribution in [3.05, 3.63) is 46.4 Å². The molecule has 3 aliphatic rings. The maximum absolute atomic E-state index is 13.1. The van der Waals surface area contributed by atoms with Crippen LogP contribution in [0.3, 0.4) is 0 Å². The van der Waals surface area contributed by atoms with Gasteiger partial charge in [-0.1, -0.05) is 17.7 Å². The fourth-order valence-electron chi connectivity index (χ4n) is 4.12. The highest BCUT2D eigenvalue weighted by Gasteiger charge is 2.31. The molecule has 1 aromatic carbocycles. The highest BCUT2D eigenvalue weighted by Crippen LogP contribution is 2.39. The number of piperazine rings is 1. The Morgan fingerprint density at radius 2 is 1.71 bits per heavy atom. The van der Waals surface area contributed by atoms with Gasteiger partial charge in [-0.3, -0.25) is 0 Å². The largest absolute Gasteiger partial charge is 0.354 e. The molecule has 1 saturated heterocycles. The second-order valence-corrected chi connectivity index (χ2v) is 10.2. The number of benzene rings is 1. The first-order valence-electron chi connectivity index (χ1n) is 9.92. The molecule has 1 aliphatic heterocycles. The predicted molar refractivity (Wildman–Crippen MR) is 108 cm³/mol. The lowest BCUT2D eigenvalue weighted by Gasteiger charge is -2.34. The van der Waals surface area contributed by atoms with E-state index in [0.29, 0.717) is 42.1 Å². The number of fused-ring (bicyclic) bond motifs is 1. The van der Waals surface area contributed by atoms with Gasteiger partial charge in [0.25, 0.3) is 0 Å². The van der Waals surface area contributed by atoms with Gasteiger partial charge in [0.1, 0.15) is 16.8 Å². The SMILES string of the molecule is O=S(=O)(c1ccc2c(c1)CCC2)N1CCN(c2cc(Cl)nc(C3CC3)n2)CC1. The molecule has 0 spiro atoms. The number of nitrogens with zero attached hydrogens (tertiary/aromatic N) is 4. The minimum absolute atomic E-state index is 0.419. The van der Waals surface area contributed by atoms with Gasteiger partial charge in [0.05, 0.1) is 4.90 Å². The molecule has 5 rings (SSSR count). The molecule has 1 aromatic heterocycles. The van der Waals surface area contributed by atoms with Gasteiger partial charge in [-0.05, 0) is 55.4 Å². The lowest BCUT2D eigenvalue weighted by Crippen LogP contribution is -2.49. The average Bonchev–Trinajstić information content (AvgIpc) is 3.45. The number of hydrogen-bond donors (Lipinski definition) is 0. The third-order valence-corrected chi connectivity index (χ3v) is 8.00. The van der Waals surface area contributed by atoms with Gasteiger partial charge < -0.3 is 4.90 Å². The third kappa shape index (κ3) is 3.40. The quantitative estimate of drug-likeness (QED) is 0.714. The number of anilines is 1. The van der Waals surface area contributed by atoms with Crippen molar-refractivity contribution in [2.45, 2.75) is 42.9 Å². The van der Waals surface area contributed by atoms with Crippen LogP contribution in [0.4, 0.5) is 5.82 Å². The van der Waals surface area contributed by atoms with Crippen LogP contribution in [0, 0.1) is 0 Å². The second-order valence-electron chi connectivity index (χ2n) is 7.86. The van der Waals surface area contributed by atoms with E-state index in [-0.39, 0.29) is 0 Å². The second kappa shape index (κ2) is 6.97. The zero-order valence-corrected chi connectivity index (χ0v) is 17.2. The number of aryl methyl sites for hydroxylation is 2. The van der Waals surface area contributed by atoms with Crippen molar-refractivity contribution in [1.82, 2.24) is 14.3 Å². The van der Waals surface area contributed by atoms with Crippen molar-refractivity contribution in [2.24, 2.45) is 0 Å². The molecule has 148 valence electrons. The first-order valence-corrected chi connectivity index (χ1v) is 11.7. The Labute approximate surface area is 170 Å². The summed E-state index contributed by atoms with van der Waals surface area (Å²) in [4.78, 5) is 11.5. The number of halogens is 1. The Bertz CT molecular complexity index is 1010. The van der Waals surface area contributed by atoms with E-state index in [1.54, 1.807) is 16.4 Å². The van der Waals surface area contributed by atoms with E-state index in [1.165, 1.54) is 11.1 Å². The summed E-state index contributed by atoms with van der Waals surface area (Å²) in [6, 6.07) is 7.39. The molecule has 28 heavy (non-hydrogen) atoms. The number of hydrogen-bond acceptors (Lipinski definition) is 5. The number of rotatable bonds is 4. The van der Waals surface area contributed by atoms with Crippen LogP contribution in [-0.4, -0.2) is 48.9 Å². The molecular weight excluding hydrogens is 396 g/mol. The van der Waals surface area contributed by atoms with E-state index < -0.39 is 10.0 Å². The van der Waals surface area contributed by atoms with Gasteiger partial charge in [0, 0.05) is 38.2 Å². The summed E-state index contributed by atoms with van der Waals surface area (Å²) in [5, 5.41) is 0.458. The fraction of sp³-hybridized carbons (Fsp3) is 0.500. The molecule has 0 atom stereocenters. The summed E-state index contributed by atoms with van der Waals surface area (Å²) in [6.45, 7) is 2.09. The summed E-state index contributed by atoms with van der Waals surface area (Å²) in [7, 11) is -3.46. The Hall–Kier alpha value is -1.70. The van der Waals surface area contributed by atoms with Gasteiger partial charge in [-0.25, -0.2) is 18.4 Å². The van der Waals surface area contributed by atoms with E-state index in [1.807, 2.05) is 12.1 Å². The minimum Gasteiger partial charge on any atom is -0.354 e. The van der Waals surface area contributed by atoms with Crippen LogP contribution < -0.4 is 4.90 Å². The van der Waals surface area contributed by atoms with Crippen LogP contribution in [-0.2, 0) is 22.9 Å². The molecule has 8 heteroatoms. The van der Waals surface area contributed by atoms with E-state index in [4.69, 9.17) is 11.6 Å². The maximum Gasteiger partial charge on any atom is 0.243 e. The normalized spacial score (nSPS) is 20.4.